The summed E-state index contributed by atoms with van der Waals surface area (Å²) in [6.45, 7) is 4.74. The van der Waals surface area contributed by atoms with Gasteiger partial charge in [0.15, 0.2) is 5.78 Å². The number of nitrogens with zero attached hydrogens (tertiary/aromatic N) is 3. The first kappa shape index (κ1) is 19.9. The molecule has 7 heteroatoms. The fourth-order valence-electron chi connectivity index (χ4n) is 4.00. The summed E-state index contributed by atoms with van der Waals surface area (Å²) in [5.41, 5.74) is 2.62. The van der Waals surface area contributed by atoms with E-state index in [2.05, 4.69) is 10.2 Å². The maximum absolute atomic E-state index is 12.7. The van der Waals surface area contributed by atoms with Gasteiger partial charge in [0.25, 0.3) is 0 Å². The van der Waals surface area contributed by atoms with Gasteiger partial charge in [-0.1, -0.05) is 18.2 Å². The zero-order valence-electron chi connectivity index (χ0n) is 17.1. The Morgan fingerprint density at radius 1 is 0.900 bits per heavy atom. The molecule has 1 atom stereocenters. The summed E-state index contributed by atoms with van der Waals surface area (Å²) < 4.78 is 0. The molecule has 2 aliphatic heterocycles. The van der Waals surface area contributed by atoms with Crippen molar-refractivity contribution in [3.8, 4) is 0 Å². The number of para-hydroxylation sites is 1. The summed E-state index contributed by atoms with van der Waals surface area (Å²) in [7, 11) is 0. The predicted octanol–water partition coefficient (Wildman–Crippen LogP) is 2.53. The van der Waals surface area contributed by atoms with Crippen molar-refractivity contribution in [3.05, 3.63) is 60.2 Å². The molecule has 2 aromatic carbocycles. The number of hydrogen-bond acceptors (Lipinski definition) is 4. The molecule has 0 aromatic heterocycles. The average Bonchev–Trinajstić information content (AvgIpc) is 3.14. The normalized spacial score (nSPS) is 19.2. The van der Waals surface area contributed by atoms with Gasteiger partial charge in [0, 0.05) is 56.1 Å². The molecule has 4 rings (SSSR count). The molecule has 30 heavy (non-hydrogen) atoms. The fraction of sp³-hybridized carbons (Fsp3) is 0.348. The Bertz CT molecular complexity index is 921. The molecule has 2 fully saturated rings. The molecule has 0 aliphatic carbocycles. The molecule has 0 radical (unpaired) electrons. The van der Waals surface area contributed by atoms with Crippen LogP contribution in [-0.2, 0) is 4.79 Å². The maximum Gasteiger partial charge on any atom is 0.317 e. The van der Waals surface area contributed by atoms with Crippen molar-refractivity contribution in [1.29, 1.82) is 0 Å². The highest BCUT2D eigenvalue weighted by atomic mass is 16.2. The standard InChI is InChI=1S/C23H26N4O3/c1-17(28)18-7-9-20(10-8-18)25-11-13-26(14-12-25)23(30)24-19-15-22(29)27(16-19)21-5-3-2-4-6-21/h2-10,19H,11-16H2,1H3,(H,24,30). The number of ketones is 1. The predicted molar refractivity (Wildman–Crippen MR) is 116 cm³/mol. The number of nitrogens with one attached hydrogen (secondary N) is 1. The molecule has 0 saturated carbocycles. The first-order valence-electron chi connectivity index (χ1n) is 10.3. The van der Waals surface area contributed by atoms with E-state index in [9.17, 15) is 14.4 Å². The number of carbonyl (C=O) groups is 3. The molecular weight excluding hydrogens is 380 g/mol. The molecule has 156 valence electrons. The van der Waals surface area contributed by atoms with E-state index in [4.69, 9.17) is 0 Å². The fourth-order valence-corrected chi connectivity index (χ4v) is 4.00. The van der Waals surface area contributed by atoms with E-state index >= 15 is 0 Å². The highest BCUT2D eigenvalue weighted by Crippen LogP contribution is 2.22. The van der Waals surface area contributed by atoms with Gasteiger partial charge in [-0.05, 0) is 43.3 Å². The Morgan fingerprint density at radius 2 is 1.57 bits per heavy atom. The molecular formula is C23H26N4O3. The lowest BCUT2D eigenvalue weighted by molar-refractivity contribution is -0.117. The topological polar surface area (TPSA) is 73.0 Å². The van der Waals surface area contributed by atoms with Gasteiger partial charge in [-0.25, -0.2) is 4.79 Å². The van der Waals surface area contributed by atoms with Crippen molar-refractivity contribution < 1.29 is 14.4 Å². The Hall–Kier alpha value is -3.35. The molecule has 7 nitrogen and oxygen atoms in total. The van der Waals surface area contributed by atoms with Crippen molar-refractivity contribution in [2.75, 3.05) is 42.5 Å². The van der Waals surface area contributed by atoms with Crippen molar-refractivity contribution in [3.63, 3.8) is 0 Å². The van der Waals surface area contributed by atoms with Gasteiger partial charge in [-0.3, -0.25) is 9.59 Å². The Labute approximate surface area is 176 Å². The number of benzene rings is 2. The summed E-state index contributed by atoms with van der Waals surface area (Å²) in [5, 5.41) is 3.02. The monoisotopic (exact) mass is 406 g/mol. The number of anilines is 2. The van der Waals surface area contributed by atoms with Gasteiger partial charge in [0.2, 0.25) is 5.91 Å². The van der Waals surface area contributed by atoms with Crippen molar-refractivity contribution >= 4 is 29.1 Å². The van der Waals surface area contributed by atoms with Crippen LogP contribution >= 0.6 is 0 Å². The van der Waals surface area contributed by atoms with Crippen LogP contribution in [0.5, 0.6) is 0 Å². The third kappa shape index (κ3) is 4.30. The molecule has 0 bridgehead atoms. The van der Waals surface area contributed by atoms with E-state index in [0.29, 0.717) is 31.6 Å². The third-order valence-electron chi connectivity index (χ3n) is 5.73. The molecule has 2 saturated heterocycles. The molecule has 3 amide bonds. The van der Waals surface area contributed by atoms with E-state index < -0.39 is 0 Å². The SMILES string of the molecule is CC(=O)c1ccc(N2CCN(C(=O)NC3CC(=O)N(c4ccccc4)C3)CC2)cc1. The minimum atomic E-state index is -0.178. The number of hydrogen-bond donors (Lipinski definition) is 1. The van der Waals surface area contributed by atoms with Gasteiger partial charge >= 0.3 is 6.03 Å². The minimum absolute atomic E-state index is 0.0327. The van der Waals surface area contributed by atoms with E-state index in [1.165, 1.54) is 0 Å². The van der Waals surface area contributed by atoms with Crippen LogP contribution in [0.3, 0.4) is 0 Å². The molecule has 2 aliphatic rings. The maximum atomic E-state index is 12.7. The average molecular weight is 406 g/mol. The van der Waals surface area contributed by atoms with E-state index in [-0.39, 0.29) is 23.8 Å². The van der Waals surface area contributed by atoms with E-state index in [1.807, 2.05) is 54.6 Å². The van der Waals surface area contributed by atoms with E-state index in [0.717, 1.165) is 24.5 Å². The van der Waals surface area contributed by atoms with Crippen LogP contribution in [0.25, 0.3) is 0 Å². The van der Waals surface area contributed by atoms with Gasteiger partial charge < -0.3 is 20.0 Å². The van der Waals surface area contributed by atoms with Crippen LogP contribution < -0.4 is 15.1 Å². The highest BCUT2D eigenvalue weighted by Gasteiger charge is 2.33. The second kappa shape index (κ2) is 8.57. The largest absolute Gasteiger partial charge is 0.368 e. The quantitative estimate of drug-likeness (QED) is 0.792. The summed E-state index contributed by atoms with van der Waals surface area (Å²) >= 11 is 0. The summed E-state index contributed by atoms with van der Waals surface area (Å²) in [4.78, 5) is 42.2. The first-order valence-corrected chi connectivity index (χ1v) is 10.3. The van der Waals surface area contributed by atoms with E-state index in [1.54, 1.807) is 16.7 Å². The summed E-state index contributed by atoms with van der Waals surface area (Å²) in [5.74, 6) is 0.0876. The lowest BCUT2D eigenvalue weighted by atomic mass is 10.1. The van der Waals surface area contributed by atoms with Crippen molar-refractivity contribution in [1.82, 2.24) is 10.2 Å². The van der Waals surface area contributed by atoms with Crippen LogP contribution in [-0.4, -0.2) is 61.4 Å². The zero-order valence-corrected chi connectivity index (χ0v) is 17.1. The Morgan fingerprint density at radius 3 is 2.20 bits per heavy atom. The van der Waals surface area contributed by atoms with Crippen LogP contribution in [0, 0.1) is 0 Å². The van der Waals surface area contributed by atoms with Crippen LogP contribution in [0.2, 0.25) is 0 Å². The van der Waals surface area contributed by atoms with Crippen LogP contribution in [0.15, 0.2) is 54.6 Å². The number of carbonyl (C=O) groups excluding carboxylic acids is 3. The number of Topliss-reactive ketones (excluding diaryl/α,β-unsaturated/α-hetero) is 1. The molecule has 0 spiro atoms. The lowest BCUT2D eigenvalue weighted by Gasteiger charge is -2.36. The van der Waals surface area contributed by atoms with Crippen molar-refractivity contribution in [2.24, 2.45) is 0 Å². The zero-order chi connectivity index (χ0) is 21.1. The Balaban J connectivity index is 1.28. The Kier molecular flexibility index (Phi) is 5.70. The second-order valence-electron chi connectivity index (χ2n) is 7.77. The number of urea groups is 1. The molecule has 2 heterocycles. The molecule has 1 N–H and O–H groups in total. The molecule has 1 unspecified atom stereocenters. The third-order valence-corrected chi connectivity index (χ3v) is 5.73. The van der Waals surface area contributed by atoms with Crippen LogP contribution in [0.4, 0.5) is 16.2 Å². The van der Waals surface area contributed by atoms with Gasteiger partial charge in [0.05, 0.1) is 6.04 Å². The summed E-state index contributed by atoms with van der Waals surface area (Å²) in [6, 6.07) is 16.8. The smallest absolute Gasteiger partial charge is 0.317 e. The van der Waals surface area contributed by atoms with Gasteiger partial charge in [-0.2, -0.15) is 0 Å². The molecule has 2 aromatic rings. The summed E-state index contributed by atoms with van der Waals surface area (Å²) in [6.07, 6.45) is 0.323. The van der Waals surface area contributed by atoms with Gasteiger partial charge in [-0.15, -0.1) is 0 Å². The number of rotatable bonds is 4. The minimum Gasteiger partial charge on any atom is -0.368 e. The number of amides is 3. The first-order chi connectivity index (χ1) is 14.5. The second-order valence-corrected chi connectivity index (χ2v) is 7.77. The lowest BCUT2D eigenvalue weighted by Crippen LogP contribution is -2.53. The van der Waals surface area contributed by atoms with Crippen LogP contribution in [0.1, 0.15) is 23.7 Å². The van der Waals surface area contributed by atoms with Crippen molar-refractivity contribution in [2.45, 2.75) is 19.4 Å². The van der Waals surface area contributed by atoms with Gasteiger partial charge in [0.1, 0.15) is 0 Å². The highest BCUT2D eigenvalue weighted by molar-refractivity contribution is 5.97. The number of piperazine rings is 1.